The topological polar surface area (TPSA) is 83.7 Å². The molecule has 1 aliphatic heterocycles. The number of imidazole rings is 1. The van der Waals surface area contributed by atoms with Crippen LogP contribution in [0.1, 0.15) is 24.0 Å². The summed E-state index contributed by atoms with van der Waals surface area (Å²) in [7, 11) is 1.77. The number of ether oxygens (including phenoxy) is 1. The van der Waals surface area contributed by atoms with Crippen LogP contribution in [0.5, 0.6) is 0 Å². The van der Waals surface area contributed by atoms with Gasteiger partial charge in [0.1, 0.15) is 0 Å². The highest BCUT2D eigenvalue weighted by Gasteiger charge is 2.34. The molecule has 0 radical (unpaired) electrons. The summed E-state index contributed by atoms with van der Waals surface area (Å²) in [6.07, 6.45) is 7.29. The predicted octanol–water partition coefficient (Wildman–Crippen LogP) is 2.00. The number of hydrogen-bond acceptors (Lipinski definition) is 4. The van der Waals surface area contributed by atoms with E-state index in [0.29, 0.717) is 13.2 Å². The SMILES string of the molecule is CN=C(NCc1ccc(Cn2ccnc2)cc1)NCC1(CCO)CCOC1.I. The van der Waals surface area contributed by atoms with Crippen molar-refractivity contribution < 1.29 is 9.84 Å². The van der Waals surface area contributed by atoms with E-state index in [1.54, 1.807) is 13.2 Å². The van der Waals surface area contributed by atoms with Crippen molar-refractivity contribution in [3.05, 3.63) is 54.1 Å². The van der Waals surface area contributed by atoms with E-state index in [2.05, 4.69) is 44.9 Å². The van der Waals surface area contributed by atoms with Gasteiger partial charge in [0.2, 0.25) is 0 Å². The van der Waals surface area contributed by atoms with E-state index in [9.17, 15) is 5.11 Å². The molecule has 0 bridgehead atoms. The first kappa shape index (κ1) is 22.6. The summed E-state index contributed by atoms with van der Waals surface area (Å²) < 4.78 is 7.59. The fraction of sp³-hybridized carbons (Fsp3) is 0.500. The maximum Gasteiger partial charge on any atom is 0.191 e. The molecule has 1 fully saturated rings. The highest BCUT2D eigenvalue weighted by Crippen LogP contribution is 2.31. The third-order valence-electron chi connectivity index (χ3n) is 5.09. The number of nitrogens with zero attached hydrogens (tertiary/aromatic N) is 3. The van der Waals surface area contributed by atoms with Gasteiger partial charge in [-0.1, -0.05) is 24.3 Å². The van der Waals surface area contributed by atoms with Gasteiger partial charge in [0.05, 0.1) is 12.9 Å². The minimum atomic E-state index is 0. The fourth-order valence-corrected chi connectivity index (χ4v) is 3.34. The van der Waals surface area contributed by atoms with Crippen LogP contribution in [0.4, 0.5) is 0 Å². The molecule has 1 saturated heterocycles. The summed E-state index contributed by atoms with van der Waals surface area (Å²) in [5.74, 6) is 0.765. The van der Waals surface area contributed by atoms with Gasteiger partial charge < -0.3 is 25.0 Å². The third-order valence-corrected chi connectivity index (χ3v) is 5.09. The minimum absolute atomic E-state index is 0. The number of aliphatic hydroxyl groups is 1. The molecule has 2 heterocycles. The lowest BCUT2D eigenvalue weighted by molar-refractivity contribution is 0.127. The van der Waals surface area contributed by atoms with Gasteiger partial charge in [-0.15, -0.1) is 24.0 Å². The molecule has 0 spiro atoms. The molecule has 1 unspecified atom stereocenters. The van der Waals surface area contributed by atoms with Crippen LogP contribution in [0.3, 0.4) is 0 Å². The summed E-state index contributed by atoms with van der Waals surface area (Å²) in [5, 5.41) is 16.1. The summed E-state index contributed by atoms with van der Waals surface area (Å²) in [4.78, 5) is 8.37. The molecule has 0 amide bonds. The Morgan fingerprint density at radius 3 is 2.68 bits per heavy atom. The maximum absolute atomic E-state index is 9.34. The van der Waals surface area contributed by atoms with Crippen LogP contribution in [0.25, 0.3) is 0 Å². The lowest BCUT2D eigenvalue weighted by atomic mass is 9.84. The Kier molecular flexibility index (Phi) is 9.20. The normalized spacial score (nSPS) is 19.3. The Balaban J connectivity index is 0.00000280. The Hall–Kier alpha value is -1.65. The van der Waals surface area contributed by atoms with Gasteiger partial charge in [0.25, 0.3) is 0 Å². The second-order valence-electron chi connectivity index (χ2n) is 7.11. The monoisotopic (exact) mass is 499 g/mol. The molecule has 1 atom stereocenters. The van der Waals surface area contributed by atoms with Crippen molar-refractivity contribution in [1.29, 1.82) is 0 Å². The molecule has 2 aromatic rings. The zero-order valence-corrected chi connectivity index (χ0v) is 18.6. The maximum atomic E-state index is 9.34. The second-order valence-corrected chi connectivity index (χ2v) is 7.11. The minimum Gasteiger partial charge on any atom is -0.396 e. The number of aliphatic hydroxyl groups excluding tert-OH is 1. The summed E-state index contributed by atoms with van der Waals surface area (Å²) >= 11 is 0. The van der Waals surface area contributed by atoms with E-state index in [1.165, 1.54) is 11.1 Å². The molecule has 1 aromatic heterocycles. The Labute approximate surface area is 183 Å². The van der Waals surface area contributed by atoms with Crippen LogP contribution in [-0.4, -0.2) is 54.0 Å². The molecular weight excluding hydrogens is 469 g/mol. The standard InChI is InChI=1S/C20H29N5O2.HI/c1-21-19(24-14-20(6-10-26)7-11-27-15-20)23-12-17-2-4-18(5-3-17)13-25-9-8-22-16-25;/h2-5,8-9,16,26H,6-7,10-15H2,1H3,(H2,21,23,24);1H. The number of aromatic nitrogens is 2. The quantitative estimate of drug-likeness (QED) is 0.294. The van der Waals surface area contributed by atoms with Gasteiger partial charge in [0.15, 0.2) is 5.96 Å². The molecule has 1 aromatic carbocycles. The zero-order chi connectivity index (χ0) is 19.0. The number of rotatable bonds is 8. The van der Waals surface area contributed by atoms with Crippen LogP contribution < -0.4 is 10.6 Å². The first-order chi connectivity index (χ1) is 13.2. The van der Waals surface area contributed by atoms with Gasteiger partial charge in [-0.3, -0.25) is 4.99 Å². The molecule has 1 aliphatic rings. The lowest BCUT2D eigenvalue weighted by Gasteiger charge is -2.27. The van der Waals surface area contributed by atoms with Crippen LogP contribution in [0, 0.1) is 5.41 Å². The summed E-state index contributed by atoms with van der Waals surface area (Å²) in [5.41, 5.74) is 2.44. The van der Waals surface area contributed by atoms with Crippen molar-refractivity contribution >= 4 is 29.9 Å². The average molecular weight is 499 g/mol. The predicted molar refractivity (Wildman–Crippen MR) is 121 cm³/mol. The first-order valence-corrected chi connectivity index (χ1v) is 9.40. The van der Waals surface area contributed by atoms with E-state index in [4.69, 9.17) is 4.74 Å². The molecule has 0 saturated carbocycles. The van der Waals surface area contributed by atoms with Crippen molar-refractivity contribution in [2.75, 3.05) is 33.4 Å². The van der Waals surface area contributed by atoms with Crippen molar-refractivity contribution in [3.8, 4) is 0 Å². The summed E-state index contributed by atoms with van der Waals surface area (Å²) in [6, 6.07) is 8.54. The van der Waals surface area contributed by atoms with Gasteiger partial charge in [0, 0.05) is 57.7 Å². The van der Waals surface area contributed by atoms with E-state index < -0.39 is 0 Å². The molecule has 154 valence electrons. The van der Waals surface area contributed by atoms with E-state index in [0.717, 1.165) is 38.5 Å². The highest BCUT2D eigenvalue weighted by molar-refractivity contribution is 14.0. The van der Waals surface area contributed by atoms with Crippen molar-refractivity contribution in [2.24, 2.45) is 10.4 Å². The molecule has 28 heavy (non-hydrogen) atoms. The number of halogens is 1. The van der Waals surface area contributed by atoms with Gasteiger partial charge >= 0.3 is 0 Å². The Bertz CT molecular complexity index is 713. The third kappa shape index (κ3) is 6.46. The second kappa shape index (κ2) is 11.4. The number of nitrogens with one attached hydrogen (secondary N) is 2. The van der Waals surface area contributed by atoms with Crippen LogP contribution in [0.2, 0.25) is 0 Å². The van der Waals surface area contributed by atoms with Crippen molar-refractivity contribution in [2.45, 2.75) is 25.9 Å². The lowest BCUT2D eigenvalue weighted by Crippen LogP contribution is -2.44. The fourth-order valence-electron chi connectivity index (χ4n) is 3.34. The molecular formula is C20H30IN5O2. The van der Waals surface area contributed by atoms with Crippen LogP contribution >= 0.6 is 24.0 Å². The number of aliphatic imine (C=N–C) groups is 1. The number of benzene rings is 1. The zero-order valence-electron chi connectivity index (χ0n) is 16.3. The highest BCUT2D eigenvalue weighted by atomic mass is 127. The number of guanidine groups is 1. The molecule has 3 rings (SSSR count). The van der Waals surface area contributed by atoms with E-state index >= 15 is 0 Å². The first-order valence-electron chi connectivity index (χ1n) is 9.40. The smallest absolute Gasteiger partial charge is 0.191 e. The molecule has 3 N–H and O–H groups in total. The number of hydrogen-bond donors (Lipinski definition) is 3. The average Bonchev–Trinajstić information content (AvgIpc) is 3.36. The van der Waals surface area contributed by atoms with E-state index in [1.807, 2.05) is 17.1 Å². The van der Waals surface area contributed by atoms with Crippen LogP contribution in [-0.2, 0) is 17.8 Å². The molecule has 8 heteroatoms. The summed E-state index contributed by atoms with van der Waals surface area (Å²) in [6.45, 7) is 3.91. The molecule has 7 nitrogen and oxygen atoms in total. The Morgan fingerprint density at radius 2 is 2.07 bits per heavy atom. The van der Waals surface area contributed by atoms with Crippen molar-refractivity contribution in [1.82, 2.24) is 20.2 Å². The van der Waals surface area contributed by atoms with Gasteiger partial charge in [-0.05, 0) is 24.0 Å². The van der Waals surface area contributed by atoms with E-state index in [-0.39, 0.29) is 36.0 Å². The molecule has 0 aliphatic carbocycles. The largest absolute Gasteiger partial charge is 0.396 e. The van der Waals surface area contributed by atoms with Crippen molar-refractivity contribution in [3.63, 3.8) is 0 Å². The Morgan fingerprint density at radius 1 is 1.29 bits per heavy atom. The van der Waals surface area contributed by atoms with Gasteiger partial charge in [-0.2, -0.15) is 0 Å². The van der Waals surface area contributed by atoms with Gasteiger partial charge in [-0.25, -0.2) is 4.98 Å². The van der Waals surface area contributed by atoms with Crippen LogP contribution in [0.15, 0.2) is 48.0 Å².